The van der Waals surface area contributed by atoms with Crippen molar-refractivity contribution in [1.82, 2.24) is 10.3 Å². The lowest BCUT2D eigenvalue weighted by atomic mass is 10.1. The molecule has 1 aromatic heterocycles. The van der Waals surface area contributed by atoms with Crippen molar-refractivity contribution in [3.8, 4) is 0 Å². The summed E-state index contributed by atoms with van der Waals surface area (Å²) >= 11 is 1.07. The fraction of sp³-hybridized carbons (Fsp3) is 0.316. The molecule has 2 aromatic rings. The van der Waals surface area contributed by atoms with E-state index in [1.54, 1.807) is 45.0 Å². The molecule has 1 aromatic carbocycles. The fourth-order valence-electron chi connectivity index (χ4n) is 2.11. The molecule has 0 aliphatic carbocycles. The van der Waals surface area contributed by atoms with Crippen molar-refractivity contribution in [1.29, 1.82) is 0 Å². The number of carbonyl (C=O) groups excluding carboxylic acids is 2. The molecular weight excluding hydrogens is 412 g/mol. The molecule has 0 saturated heterocycles. The highest BCUT2D eigenvalue weighted by Gasteiger charge is 2.18. The van der Waals surface area contributed by atoms with Gasteiger partial charge >= 0.3 is 12.1 Å². The van der Waals surface area contributed by atoms with E-state index in [1.807, 2.05) is 0 Å². The molecule has 10 nitrogen and oxygen atoms in total. The zero-order chi connectivity index (χ0) is 22.1. The monoisotopic (exact) mass is 434 g/mol. The van der Waals surface area contributed by atoms with E-state index in [4.69, 9.17) is 9.57 Å². The summed E-state index contributed by atoms with van der Waals surface area (Å²) in [5.41, 5.74) is 0.762. The van der Waals surface area contributed by atoms with Gasteiger partial charge in [0.15, 0.2) is 5.13 Å². The van der Waals surface area contributed by atoms with Crippen LogP contribution in [0.25, 0.3) is 0 Å². The SMILES string of the molecule is CC(C)(C)OC(=O)NCc1ccc(CO/N=C(\C(=O)O)c2csc(NC=O)n2)cc1. The molecule has 0 aliphatic heterocycles. The summed E-state index contributed by atoms with van der Waals surface area (Å²) in [5, 5.41) is 19.7. The number of thiazole rings is 1. The number of anilines is 1. The van der Waals surface area contributed by atoms with E-state index in [0.29, 0.717) is 13.0 Å². The van der Waals surface area contributed by atoms with Crippen molar-refractivity contribution in [2.75, 3.05) is 5.32 Å². The Kier molecular flexibility index (Phi) is 7.87. The summed E-state index contributed by atoms with van der Waals surface area (Å²) in [6, 6.07) is 7.15. The van der Waals surface area contributed by atoms with Crippen molar-refractivity contribution >= 4 is 40.7 Å². The number of aliphatic carboxylic acids is 1. The molecule has 11 heteroatoms. The van der Waals surface area contributed by atoms with Crippen LogP contribution in [-0.2, 0) is 32.3 Å². The first-order valence-corrected chi connectivity index (χ1v) is 9.70. The molecule has 30 heavy (non-hydrogen) atoms. The number of benzene rings is 1. The summed E-state index contributed by atoms with van der Waals surface area (Å²) in [5.74, 6) is -1.30. The Labute approximate surface area is 176 Å². The van der Waals surface area contributed by atoms with Gasteiger partial charge in [-0.1, -0.05) is 29.4 Å². The second-order valence-corrected chi connectivity index (χ2v) is 7.85. The van der Waals surface area contributed by atoms with Gasteiger partial charge < -0.3 is 25.3 Å². The van der Waals surface area contributed by atoms with Gasteiger partial charge in [0.25, 0.3) is 0 Å². The minimum atomic E-state index is -1.30. The van der Waals surface area contributed by atoms with Gasteiger partial charge in [-0.25, -0.2) is 14.6 Å². The average molecular weight is 434 g/mol. The molecule has 0 saturated carbocycles. The minimum Gasteiger partial charge on any atom is -0.476 e. The Hall–Kier alpha value is -3.47. The highest BCUT2D eigenvalue weighted by Crippen LogP contribution is 2.16. The maximum atomic E-state index is 11.7. The zero-order valence-electron chi connectivity index (χ0n) is 16.7. The quantitative estimate of drug-likeness (QED) is 0.313. The summed E-state index contributed by atoms with van der Waals surface area (Å²) < 4.78 is 5.17. The van der Waals surface area contributed by atoms with E-state index >= 15 is 0 Å². The predicted octanol–water partition coefficient (Wildman–Crippen LogP) is 2.74. The number of oxime groups is 1. The van der Waals surface area contributed by atoms with Crippen LogP contribution in [0.4, 0.5) is 9.93 Å². The van der Waals surface area contributed by atoms with Crippen LogP contribution in [0.1, 0.15) is 37.6 Å². The number of hydrogen-bond acceptors (Lipinski definition) is 8. The lowest BCUT2D eigenvalue weighted by molar-refractivity contribution is -0.129. The Morgan fingerprint density at radius 1 is 1.23 bits per heavy atom. The molecule has 0 unspecified atom stereocenters. The van der Waals surface area contributed by atoms with Crippen LogP contribution < -0.4 is 10.6 Å². The lowest BCUT2D eigenvalue weighted by Gasteiger charge is -2.19. The van der Waals surface area contributed by atoms with Crippen LogP contribution in [0.5, 0.6) is 0 Å². The van der Waals surface area contributed by atoms with Crippen molar-refractivity contribution in [2.45, 2.75) is 39.5 Å². The number of amides is 2. The molecule has 2 amide bonds. The molecule has 2 rings (SSSR count). The summed E-state index contributed by atoms with van der Waals surface area (Å²) in [4.78, 5) is 42.6. The Morgan fingerprint density at radius 3 is 2.50 bits per heavy atom. The number of rotatable bonds is 9. The van der Waals surface area contributed by atoms with E-state index in [9.17, 15) is 19.5 Å². The number of nitrogens with zero attached hydrogens (tertiary/aromatic N) is 2. The van der Waals surface area contributed by atoms with Gasteiger partial charge in [0.05, 0.1) is 0 Å². The molecule has 0 radical (unpaired) electrons. The molecule has 0 aliphatic rings. The molecular formula is C19H22N4O6S. The number of carboxylic acid groups (broad SMARTS) is 1. The highest BCUT2D eigenvalue weighted by atomic mass is 32.1. The zero-order valence-corrected chi connectivity index (χ0v) is 17.5. The maximum Gasteiger partial charge on any atom is 0.407 e. The third-order valence-electron chi connectivity index (χ3n) is 3.38. The van der Waals surface area contributed by atoms with Crippen LogP contribution in [0.3, 0.4) is 0 Å². The van der Waals surface area contributed by atoms with Gasteiger partial charge in [-0.15, -0.1) is 11.3 Å². The van der Waals surface area contributed by atoms with Crippen molar-refractivity contribution in [3.05, 3.63) is 46.5 Å². The number of carboxylic acids is 1. The van der Waals surface area contributed by atoms with E-state index in [2.05, 4.69) is 20.8 Å². The van der Waals surface area contributed by atoms with Crippen LogP contribution in [0.2, 0.25) is 0 Å². The van der Waals surface area contributed by atoms with Gasteiger partial charge in [0.1, 0.15) is 17.9 Å². The van der Waals surface area contributed by atoms with Crippen molar-refractivity contribution in [3.63, 3.8) is 0 Å². The van der Waals surface area contributed by atoms with Crippen molar-refractivity contribution < 1.29 is 29.1 Å². The standard InChI is InChI=1S/C19H22N4O6S/c1-19(2,3)29-18(27)20-8-12-4-6-13(7-5-12)9-28-23-15(16(25)26)14-10-30-17(22-14)21-11-24/h4-7,10-11H,8-9H2,1-3H3,(H,20,27)(H,25,26)(H,21,22,24)/b23-15-. The molecule has 3 N–H and O–H groups in total. The number of nitrogens with one attached hydrogen (secondary N) is 2. The van der Waals surface area contributed by atoms with Gasteiger partial charge in [-0.3, -0.25) is 4.79 Å². The first kappa shape index (κ1) is 22.8. The molecule has 0 atom stereocenters. The van der Waals surface area contributed by atoms with Crippen LogP contribution in [-0.4, -0.2) is 39.9 Å². The third kappa shape index (κ3) is 7.51. The summed E-state index contributed by atoms with van der Waals surface area (Å²) in [7, 11) is 0. The highest BCUT2D eigenvalue weighted by molar-refractivity contribution is 7.14. The average Bonchev–Trinajstić information content (AvgIpc) is 3.11. The van der Waals surface area contributed by atoms with E-state index in [0.717, 1.165) is 22.5 Å². The number of alkyl carbamates (subject to hydrolysis) is 1. The first-order chi connectivity index (χ1) is 14.2. The minimum absolute atomic E-state index is 0.0418. The van der Waals surface area contributed by atoms with Crippen LogP contribution in [0, 0.1) is 0 Å². The van der Waals surface area contributed by atoms with Gasteiger partial charge in [0.2, 0.25) is 12.1 Å². The van der Waals surface area contributed by atoms with E-state index in [1.165, 1.54) is 5.38 Å². The van der Waals surface area contributed by atoms with Gasteiger partial charge in [0, 0.05) is 11.9 Å². The molecule has 1 heterocycles. The number of hydrogen-bond donors (Lipinski definition) is 3. The van der Waals surface area contributed by atoms with Crippen LogP contribution in [0.15, 0.2) is 34.8 Å². The molecule has 160 valence electrons. The fourth-order valence-corrected chi connectivity index (χ4v) is 2.76. The van der Waals surface area contributed by atoms with E-state index < -0.39 is 17.7 Å². The van der Waals surface area contributed by atoms with Gasteiger partial charge in [-0.05, 0) is 31.9 Å². The van der Waals surface area contributed by atoms with E-state index in [-0.39, 0.29) is 23.1 Å². The molecule has 0 spiro atoms. The second kappa shape index (κ2) is 10.3. The Morgan fingerprint density at radius 2 is 1.90 bits per heavy atom. The summed E-state index contributed by atoms with van der Waals surface area (Å²) in [6.07, 6.45) is -0.0531. The lowest BCUT2D eigenvalue weighted by Crippen LogP contribution is -2.32. The van der Waals surface area contributed by atoms with Gasteiger partial charge in [-0.2, -0.15) is 0 Å². The Bertz CT molecular complexity index is 918. The summed E-state index contributed by atoms with van der Waals surface area (Å²) in [6.45, 7) is 5.71. The van der Waals surface area contributed by atoms with Crippen molar-refractivity contribution in [2.24, 2.45) is 5.16 Å². The maximum absolute atomic E-state index is 11.7. The molecule has 0 fully saturated rings. The molecule has 0 bridgehead atoms. The smallest absolute Gasteiger partial charge is 0.407 e. The number of carbonyl (C=O) groups is 3. The first-order valence-electron chi connectivity index (χ1n) is 8.82. The predicted molar refractivity (Wildman–Crippen MR) is 110 cm³/mol. The number of ether oxygens (including phenoxy) is 1. The largest absolute Gasteiger partial charge is 0.476 e. The van der Waals surface area contributed by atoms with Crippen LogP contribution >= 0.6 is 11.3 Å². The topological polar surface area (TPSA) is 139 Å². The normalized spacial score (nSPS) is 11.5. The number of aromatic nitrogens is 1. The Balaban J connectivity index is 1.90. The second-order valence-electron chi connectivity index (χ2n) is 6.99. The third-order valence-corrected chi connectivity index (χ3v) is 4.15.